The topological polar surface area (TPSA) is 65.5 Å². The van der Waals surface area contributed by atoms with Crippen LogP contribution in [0.2, 0.25) is 5.02 Å². The number of pyridine rings is 1. The Labute approximate surface area is 238 Å². The van der Waals surface area contributed by atoms with E-state index in [9.17, 15) is 9.59 Å². The van der Waals surface area contributed by atoms with Gasteiger partial charge in [0.25, 0.3) is 0 Å². The number of benzene rings is 3. The van der Waals surface area contributed by atoms with Crippen LogP contribution in [0.25, 0.3) is 10.9 Å². The molecule has 0 aliphatic carbocycles. The summed E-state index contributed by atoms with van der Waals surface area (Å²) in [5, 5.41) is 1.91. The summed E-state index contributed by atoms with van der Waals surface area (Å²) in [4.78, 5) is 28.8. The lowest BCUT2D eigenvalue weighted by molar-refractivity contribution is -0.140. The molecule has 0 amide bonds. The highest BCUT2D eigenvalue weighted by Gasteiger charge is 2.17. The van der Waals surface area contributed by atoms with Gasteiger partial charge in [0.1, 0.15) is 0 Å². The molecule has 1 atom stereocenters. The molecular formula is C32H32ClNO4S. The number of ether oxygens (including phenoxy) is 2. The maximum atomic E-state index is 12.3. The van der Waals surface area contributed by atoms with Crippen LogP contribution in [0.4, 0.5) is 0 Å². The molecule has 1 heterocycles. The van der Waals surface area contributed by atoms with Crippen LogP contribution >= 0.6 is 23.4 Å². The van der Waals surface area contributed by atoms with Crippen molar-refractivity contribution in [1.29, 1.82) is 0 Å². The minimum absolute atomic E-state index is 0.154. The molecule has 3 aromatic carbocycles. The standard InChI is InChI=1S/C32H32ClNO4S/c1-37-31(35)18-19-39-30(17-13-23-7-3-4-9-28(23)32(36)38-2)25-8-5-6-22(20-25)10-15-27-16-12-24-11-14-26(33)21-29(24)34-27/h3-9,11-12,14,16,20-21,30H,10,13,15,17-19H2,1-2H3. The Morgan fingerprint density at radius 1 is 0.897 bits per heavy atom. The van der Waals surface area contributed by atoms with Gasteiger partial charge in [-0.25, -0.2) is 4.79 Å². The van der Waals surface area contributed by atoms with Crippen molar-refractivity contribution in [3.63, 3.8) is 0 Å². The number of fused-ring (bicyclic) bond motifs is 1. The first-order chi connectivity index (χ1) is 19.0. The van der Waals surface area contributed by atoms with Gasteiger partial charge in [0.2, 0.25) is 0 Å². The second-order valence-electron chi connectivity index (χ2n) is 9.26. The van der Waals surface area contributed by atoms with Crippen LogP contribution in [0.15, 0.2) is 78.9 Å². The van der Waals surface area contributed by atoms with Gasteiger partial charge in [0.05, 0.1) is 31.7 Å². The molecule has 0 N–H and O–H groups in total. The van der Waals surface area contributed by atoms with Crippen LogP contribution in [0.3, 0.4) is 0 Å². The summed E-state index contributed by atoms with van der Waals surface area (Å²) in [5.41, 5.74) is 5.92. The van der Waals surface area contributed by atoms with E-state index >= 15 is 0 Å². The van der Waals surface area contributed by atoms with Gasteiger partial charge >= 0.3 is 11.9 Å². The predicted molar refractivity (Wildman–Crippen MR) is 159 cm³/mol. The summed E-state index contributed by atoms with van der Waals surface area (Å²) in [6.45, 7) is 0. The highest BCUT2D eigenvalue weighted by Crippen LogP contribution is 2.35. The molecule has 0 spiro atoms. The Kier molecular flexibility index (Phi) is 10.4. The molecule has 202 valence electrons. The number of carbonyl (C=O) groups is 2. The Morgan fingerprint density at radius 2 is 1.72 bits per heavy atom. The van der Waals surface area contributed by atoms with Gasteiger partial charge in [-0.3, -0.25) is 9.78 Å². The number of carbonyl (C=O) groups excluding carboxylic acids is 2. The first-order valence-electron chi connectivity index (χ1n) is 13.0. The fourth-order valence-electron chi connectivity index (χ4n) is 4.56. The summed E-state index contributed by atoms with van der Waals surface area (Å²) in [5.74, 6) is 0.117. The molecule has 0 fully saturated rings. The third-order valence-electron chi connectivity index (χ3n) is 6.66. The van der Waals surface area contributed by atoms with Crippen LogP contribution < -0.4 is 0 Å². The summed E-state index contributed by atoms with van der Waals surface area (Å²) < 4.78 is 9.80. The zero-order valence-electron chi connectivity index (χ0n) is 22.2. The number of nitrogens with zero attached hydrogens (tertiary/aromatic N) is 1. The van der Waals surface area contributed by atoms with E-state index in [0.717, 1.165) is 47.8 Å². The van der Waals surface area contributed by atoms with Gasteiger partial charge in [0.15, 0.2) is 0 Å². The molecule has 0 bridgehead atoms. The Hall–Kier alpha value is -3.35. The Bertz CT molecular complexity index is 1440. The minimum atomic E-state index is -0.327. The molecule has 1 unspecified atom stereocenters. The SMILES string of the molecule is COC(=O)CCSC(CCc1ccccc1C(=O)OC)c1cccc(CCc2ccc3ccc(Cl)cc3n2)c1. The normalized spacial score (nSPS) is 11.8. The predicted octanol–water partition coefficient (Wildman–Crippen LogP) is 7.43. The summed E-state index contributed by atoms with van der Waals surface area (Å²) in [7, 11) is 2.81. The van der Waals surface area contributed by atoms with E-state index in [1.165, 1.54) is 25.3 Å². The van der Waals surface area contributed by atoms with Gasteiger partial charge < -0.3 is 9.47 Å². The first-order valence-corrected chi connectivity index (χ1v) is 14.4. The fraction of sp³-hybridized carbons (Fsp3) is 0.281. The van der Waals surface area contributed by atoms with Crippen LogP contribution in [0.5, 0.6) is 0 Å². The average Bonchev–Trinajstić information content (AvgIpc) is 2.97. The van der Waals surface area contributed by atoms with Crippen LogP contribution in [0.1, 0.15) is 50.8 Å². The maximum absolute atomic E-state index is 12.3. The number of rotatable bonds is 12. The van der Waals surface area contributed by atoms with Crippen molar-refractivity contribution in [3.8, 4) is 0 Å². The first kappa shape index (κ1) is 28.7. The average molecular weight is 562 g/mol. The highest BCUT2D eigenvalue weighted by atomic mass is 35.5. The molecule has 4 rings (SSSR count). The number of halogens is 1. The lowest BCUT2D eigenvalue weighted by Gasteiger charge is -2.19. The molecule has 0 radical (unpaired) electrons. The van der Waals surface area contributed by atoms with Crippen molar-refractivity contribution in [2.45, 2.75) is 37.4 Å². The molecule has 0 saturated carbocycles. The molecule has 0 saturated heterocycles. The number of hydrogen-bond donors (Lipinski definition) is 0. The summed E-state index contributed by atoms with van der Waals surface area (Å²) in [6, 6.07) is 26.1. The Morgan fingerprint density at radius 3 is 2.54 bits per heavy atom. The van der Waals surface area contributed by atoms with E-state index in [4.69, 9.17) is 26.1 Å². The number of aryl methyl sites for hydroxylation is 3. The van der Waals surface area contributed by atoms with Gasteiger partial charge in [-0.15, -0.1) is 0 Å². The second-order valence-corrected chi connectivity index (χ2v) is 11.0. The van der Waals surface area contributed by atoms with Crippen LogP contribution in [-0.2, 0) is 33.5 Å². The zero-order chi connectivity index (χ0) is 27.6. The third kappa shape index (κ3) is 8.07. The largest absolute Gasteiger partial charge is 0.469 e. The van der Waals surface area contributed by atoms with Crippen LogP contribution in [-0.4, -0.2) is 36.9 Å². The van der Waals surface area contributed by atoms with Gasteiger partial charge in [-0.1, -0.05) is 66.2 Å². The van der Waals surface area contributed by atoms with E-state index < -0.39 is 0 Å². The van der Waals surface area contributed by atoms with Crippen molar-refractivity contribution in [1.82, 2.24) is 4.98 Å². The van der Waals surface area contributed by atoms with Crippen molar-refractivity contribution >= 4 is 46.2 Å². The molecule has 1 aromatic heterocycles. The van der Waals surface area contributed by atoms with E-state index in [1.807, 2.05) is 36.4 Å². The van der Waals surface area contributed by atoms with Crippen molar-refractivity contribution < 1.29 is 19.1 Å². The second kappa shape index (κ2) is 14.2. The maximum Gasteiger partial charge on any atom is 0.338 e. The zero-order valence-corrected chi connectivity index (χ0v) is 23.8. The number of thioether (sulfide) groups is 1. The minimum Gasteiger partial charge on any atom is -0.469 e. The summed E-state index contributed by atoms with van der Waals surface area (Å²) in [6.07, 6.45) is 3.56. The van der Waals surface area contributed by atoms with E-state index in [0.29, 0.717) is 22.8 Å². The van der Waals surface area contributed by atoms with Gasteiger partial charge in [-0.05, 0) is 66.6 Å². The monoisotopic (exact) mass is 561 g/mol. The lowest BCUT2D eigenvalue weighted by Crippen LogP contribution is -2.08. The number of aromatic nitrogens is 1. The van der Waals surface area contributed by atoms with Crippen LogP contribution in [0, 0.1) is 0 Å². The summed E-state index contributed by atoms with van der Waals surface area (Å²) >= 11 is 7.90. The lowest BCUT2D eigenvalue weighted by atomic mass is 9.97. The van der Waals surface area contributed by atoms with E-state index in [2.05, 4.69) is 36.4 Å². The molecule has 7 heteroatoms. The quantitative estimate of drug-likeness (QED) is 0.168. The Balaban J connectivity index is 1.48. The molecular weight excluding hydrogens is 530 g/mol. The van der Waals surface area contributed by atoms with Gasteiger partial charge in [-0.2, -0.15) is 11.8 Å². The molecule has 39 heavy (non-hydrogen) atoms. The van der Waals surface area contributed by atoms with Crippen molar-refractivity contribution in [2.24, 2.45) is 0 Å². The molecule has 4 aromatic rings. The number of methoxy groups -OCH3 is 2. The van der Waals surface area contributed by atoms with Crippen molar-refractivity contribution in [2.75, 3.05) is 20.0 Å². The van der Waals surface area contributed by atoms with E-state index in [-0.39, 0.29) is 17.2 Å². The smallest absolute Gasteiger partial charge is 0.338 e. The fourth-order valence-corrected chi connectivity index (χ4v) is 5.92. The molecule has 0 aliphatic heterocycles. The molecule has 5 nitrogen and oxygen atoms in total. The van der Waals surface area contributed by atoms with Crippen molar-refractivity contribution in [3.05, 3.63) is 112 Å². The third-order valence-corrected chi connectivity index (χ3v) is 8.24. The molecule has 0 aliphatic rings. The highest BCUT2D eigenvalue weighted by molar-refractivity contribution is 7.99. The van der Waals surface area contributed by atoms with E-state index in [1.54, 1.807) is 17.8 Å². The van der Waals surface area contributed by atoms with Gasteiger partial charge in [0, 0.05) is 27.1 Å². The number of hydrogen-bond acceptors (Lipinski definition) is 6. The number of esters is 2.